The molecule has 23 heavy (non-hydrogen) atoms. The van der Waals surface area contributed by atoms with Gasteiger partial charge in [-0.15, -0.1) is 0 Å². The van der Waals surface area contributed by atoms with Crippen molar-refractivity contribution >= 4 is 26.8 Å². The van der Waals surface area contributed by atoms with E-state index in [4.69, 9.17) is 0 Å². The molecule has 0 amide bonds. The van der Waals surface area contributed by atoms with Crippen molar-refractivity contribution in [3.05, 3.63) is 42.5 Å². The lowest BCUT2D eigenvalue weighted by atomic mass is 9.99. The Bertz CT molecular complexity index is 796. The zero-order valence-corrected chi connectivity index (χ0v) is 14.0. The number of sulfonamides is 1. The van der Waals surface area contributed by atoms with Crippen LogP contribution in [0.2, 0.25) is 0 Å². The number of aliphatic carboxylic acids is 1. The van der Waals surface area contributed by atoms with Crippen LogP contribution in [0.1, 0.15) is 26.7 Å². The fraction of sp³-hybridized carbons (Fsp3) is 0.353. The Hall–Kier alpha value is -1.92. The van der Waals surface area contributed by atoms with E-state index in [1.54, 1.807) is 24.3 Å². The zero-order valence-electron chi connectivity index (χ0n) is 13.2. The molecule has 0 aromatic heterocycles. The number of rotatable bonds is 7. The first kappa shape index (κ1) is 17.4. The highest BCUT2D eigenvalue weighted by atomic mass is 32.2. The first-order valence-electron chi connectivity index (χ1n) is 7.59. The summed E-state index contributed by atoms with van der Waals surface area (Å²) in [6.45, 7) is 3.42. The lowest BCUT2D eigenvalue weighted by Gasteiger charge is -2.22. The van der Waals surface area contributed by atoms with Gasteiger partial charge in [-0.3, -0.25) is 4.79 Å². The second-order valence-corrected chi connectivity index (χ2v) is 7.30. The second-order valence-electron chi connectivity index (χ2n) is 5.62. The van der Waals surface area contributed by atoms with Crippen LogP contribution in [-0.2, 0) is 14.8 Å². The Morgan fingerprint density at radius 3 is 2.48 bits per heavy atom. The molecular weight excluding hydrogens is 314 g/mol. The largest absolute Gasteiger partial charge is 0.481 e. The lowest BCUT2D eigenvalue weighted by Crippen LogP contribution is -2.42. The Morgan fingerprint density at radius 2 is 1.83 bits per heavy atom. The summed E-state index contributed by atoms with van der Waals surface area (Å²) in [5, 5.41) is 10.6. The predicted octanol–water partition coefficient (Wildman–Crippen LogP) is 3.01. The van der Waals surface area contributed by atoms with E-state index in [2.05, 4.69) is 4.72 Å². The fourth-order valence-corrected chi connectivity index (χ4v) is 4.17. The van der Waals surface area contributed by atoms with Gasteiger partial charge in [-0.05, 0) is 17.9 Å². The molecule has 0 aliphatic rings. The summed E-state index contributed by atoms with van der Waals surface area (Å²) in [4.78, 5) is 11.4. The van der Waals surface area contributed by atoms with E-state index in [-0.39, 0.29) is 4.90 Å². The number of carboxylic acid groups (broad SMARTS) is 1. The van der Waals surface area contributed by atoms with Gasteiger partial charge in [0.1, 0.15) is 0 Å². The molecule has 0 heterocycles. The maximum absolute atomic E-state index is 12.8. The Kier molecular flexibility index (Phi) is 5.38. The van der Waals surface area contributed by atoms with Gasteiger partial charge in [0.05, 0.1) is 10.8 Å². The summed E-state index contributed by atoms with van der Waals surface area (Å²) in [6.07, 6.45) is 1.16. The molecule has 0 radical (unpaired) electrons. The van der Waals surface area contributed by atoms with Crippen LogP contribution >= 0.6 is 0 Å². The van der Waals surface area contributed by atoms with E-state index < -0.39 is 28.0 Å². The van der Waals surface area contributed by atoms with Crippen LogP contribution in [0.4, 0.5) is 0 Å². The molecule has 0 aliphatic carbocycles. The number of hydrogen-bond acceptors (Lipinski definition) is 3. The summed E-state index contributed by atoms with van der Waals surface area (Å²) in [5.41, 5.74) is 0. The summed E-state index contributed by atoms with van der Waals surface area (Å²) >= 11 is 0. The molecule has 0 saturated heterocycles. The van der Waals surface area contributed by atoms with Crippen molar-refractivity contribution < 1.29 is 18.3 Å². The van der Waals surface area contributed by atoms with E-state index in [0.717, 1.165) is 5.39 Å². The van der Waals surface area contributed by atoms with E-state index in [1.807, 2.05) is 25.1 Å². The quantitative estimate of drug-likeness (QED) is 0.815. The van der Waals surface area contributed by atoms with Crippen LogP contribution in [0.3, 0.4) is 0 Å². The molecule has 2 rings (SSSR count). The number of benzene rings is 2. The van der Waals surface area contributed by atoms with Crippen LogP contribution in [0, 0.1) is 5.92 Å². The average molecular weight is 335 g/mol. The van der Waals surface area contributed by atoms with Gasteiger partial charge >= 0.3 is 5.97 Å². The molecule has 0 aliphatic heterocycles. The summed E-state index contributed by atoms with van der Waals surface area (Å²) in [5.74, 6) is -1.80. The van der Waals surface area contributed by atoms with Crippen LogP contribution in [0.15, 0.2) is 47.4 Å². The van der Waals surface area contributed by atoms with Crippen molar-refractivity contribution in [3.8, 4) is 0 Å². The van der Waals surface area contributed by atoms with Crippen LogP contribution in [-0.4, -0.2) is 25.5 Å². The summed E-state index contributed by atoms with van der Waals surface area (Å²) in [7, 11) is -3.80. The molecule has 0 fully saturated rings. The smallest absolute Gasteiger partial charge is 0.307 e. The van der Waals surface area contributed by atoms with Crippen LogP contribution in [0.5, 0.6) is 0 Å². The lowest BCUT2D eigenvalue weighted by molar-refractivity contribution is -0.141. The van der Waals surface area contributed by atoms with Gasteiger partial charge < -0.3 is 5.11 Å². The third-order valence-electron chi connectivity index (χ3n) is 3.94. The van der Waals surface area contributed by atoms with Gasteiger partial charge in [-0.1, -0.05) is 56.7 Å². The molecule has 2 aromatic carbocycles. The highest BCUT2D eigenvalue weighted by molar-refractivity contribution is 7.89. The highest BCUT2D eigenvalue weighted by Gasteiger charge is 2.28. The van der Waals surface area contributed by atoms with Crippen molar-refractivity contribution in [3.63, 3.8) is 0 Å². The van der Waals surface area contributed by atoms with Gasteiger partial charge in [0, 0.05) is 11.4 Å². The SMILES string of the molecule is CCCC(NS(=O)(=O)c1cccc2ccccc12)C(C)C(=O)O. The number of carboxylic acids is 1. The molecule has 2 N–H and O–H groups in total. The van der Waals surface area contributed by atoms with Crippen LogP contribution in [0.25, 0.3) is 10.8 Å². The van der Waals surface area contributed by atoms with Gasteiger partial charge in [0.2, 0.25) is 10.0 Å². The molecule has 6 heteroatoms. The summed E-state index contributed by atoms with van der Waals surface area (Å²) < 4.78 is 28.1. The average Bonchev–Trinajstić information content (AvgIpc) is 2.53. The Balaban J connectivity index is 2.41. The molecule has 0 bridgehead atoms. The Morgan fingerprint density at radius 1 is 1.17 bits per heavy atom. The molecule has 2 atom stereocenters. The first-order chi connectivity index (χ1) is 10.9. The molecule has 124 valence electrons. The molecule has 2 unspecified atom stereocenters. The van der Waals surface area contributed by atoms with Crippen molar-refractivity contribution in [2.24, 2.45) is 5.92 Å². The monoisotopic (exact) mass is 335 g/mol. The minimum atomic E-state index is -3.80. The number of nitrogens with one attached hydrogen (secondary N) is 1. The maximum atomic E-state index is 12.8. The van der Waals surface area contributed by atoms with E-state index in [1.165, 1.54) is 6.92 Å². The Labute approximate surface area is 136 Å². The van der Waals surface area contributed by atoms with E-state index in [9.17, 15) is 18.3 Å². The van der Waals surface area contributed by atoms with Gasteiger partial charge in [0.25, 0.3) is 0 Å². The summed E-state index contributed by atoms with van der Waals surface area (Å²) in [6, 6.07) is 11.7. The third-order valence-corrected chi connectivity index (χ3v) is 5.49. The van der Waals surface area contributed by atoms with Crippen molar-refractivity contribution in [2.45, 2.75) is 37.6 Å². The minimum Gasteiger partial charge on any atom is -0.481 e. The van der Waals surface area contributed by atoms with Crippen molar-refractivity contribution in [2.75, 3.05) is 0 Å². The second kappa shape index (κ2) is 7.10. The topological polar surface area (TPSA) is 83.5 Å². The van der Waals surface area contributed by atoms with Gasteiger partial charge in [0.15, 0.2) is 0 Å². The number of fused-ring (bicyclic) bond motifs is 1. The number of hydrogen-bond donors (Lipinski definition) is 2. The van der Waals surface area contributed by atoms with Crippen molar-refractivity contribution in [1.82, 2.24) is 4.72 Å². The maximum Gasteiger partial charge on any atom is 0.307 e. The van der Waals surface area contributed by atoms with Gasteiger partial charge in [-0.2, -0.15) is 0 Å². The standard InChI is InChI=1S/C17H21NO4S/c1-3-7-15(12(2)17(19)20)18-23(21,22)16-11-6-9-13-8-4-5-10-14(13)16/h4-6,8-12,15,18H,3,7H2,1-2H3,(H,19,20). The molecule has 0 saturated carbocycles. The molecule has 0 spiro atoms. The molecule has 2 aromatic rings. The van der Waals surface area contributed by atoms with E-state index in [0.29, 0.717) is 18.2 Å². The fourth-order valence-electron chi connectivity index (χ4n) is 2.59. The van der Waals surface area contributed by atoms with E-state index >= 15 is 0 Å². The van der Waals surface area contributed by atoms with Gasteiger partial charge in [-0.25, -0.2) is 13.1 Å². The molecule has 5 nitrogen and oxygen atoms in total. The van der Waals surface area contributed by atoms with Crippen LogP contribution < -0.4 is 4.72 Å². The first-order valence-corrected chi connectivity index (χ1v) is 9.08. The molecular formula is C17H21NO4S. The number of carbonyl (C=O) groups is 1. The normalized spacial score (nSPS) is 14.5. The third kappa shape index (κ3) is 3.89. The zero-order chi connectivity index (χ0) is 17.0. The predicted molar refractivity (Wildman–Crippen MR) is 89.8 cm³/mol. The highest BCUT2D eigenvalue weighted by Crippen LogP contribution is 2.24. The minimum absolute atomic E-state index is 0.175. The van der Waals surface area contributed by atoms with Crippen molar-refractivity contribution in [1.29, 1.82) is 0 Å².